The van der Waals surface area contributed by atoms with Crippen LogP contribution < -0.4 is 10.5 Å². The molecule has 4 N–H and O–H groups in total. The highest BCUT2D eigenvalue weighted by molar-refractivity contribution is 8.00. The molecule has 2 aromatic carbocycles. The summed E-state index contributed by atoms with van der Waals surface area (Å²) in [6.45, 7) is 0. The van der Waals surface area contributed by atoms with Crippen LogP contribution in [0, 0.1) is 0 Å². The van der Waals surface area contributed by atoms with E-state index in [-0.39, 0.29) is 0 Å². The minimum atomic E-state index is -1.55. The van der Waals surface area contributed by atoms with Gasteiger partial charge in [-0.25, -0.2) is 4.79 Å². The van der Waals surface area contributed by atoms with Crippen LogP contribution in [0.2, 0.25) is 0 Å². The quantitative estimate of drug-likeness (QED) is 0.512. The number of hydrogen-bond donors (Lipinski definition) is 3. The van der Waals surface area contributed by atoms with E-state index in [0.717, 1.165) is 9.79 Å². The lowest BCUT2D eigenvalue weighted by molar-refractivity contribution is -0.146. The SMILES string of the molecule is COc1ccc(C(Sc2cc(SC)ccc2N)C(O)C(=O)O)cc1. The van der Waals surface area contributed by atoms with Gasteiger partial charge in [0.05, 0.1) is 12.4 Å². The Morgan fingerprint density at radius 1 is 1.21 bits per heavy atom. The first-order valence-corrected chi connectivity index (χ1v) is 9.21. The second kappa shape index (κ2) is 8.32. The molecule has 0 saturated carbocycles. The second-order valence-corrected chi connectivity index (χ2v) is 7.06. The second-order valence-electron chi connectivity index (χ2n) is 5.00. The van der Waals surface area contributed by atoms with Crippen molar-refractivity contribution in [3.05, 3.63) is 48.0 Å². The highest BCUT2D eigenvalue weighted by Gasteiger charge is 2.29. The van der Waals surface area contributed by atoms with Crippen LogP contribution in [0.15, 0.2) is 52.3 Å². The Labute approximate surface area is 149 Å². The third-order valence-corrected chi connectivity index (χ3v) is 5.58. The normalized spacial score (nSPS) is 13.3. The standard InChI is InChI=1S/C17H19NO4S2/c1-22-11-5-3-10(4-6-11)16(15(19)17(20)21)24-14-9-12(23-2)7-8-13(14)18/h3-9,15-16,19H,18H2,1-2H3,(H,20,21). The minimum Gasteiger partial charge on any atom is -0.497 e. The van der Waals surface area contributed by atoms with Crippen molar-refractivity contribution in [3.63, 3.8) is 0 Å². The molecule has 0 radical (unpaired) electrons. The number of benzene rings is 2. The number of anilines is 1. The van der Waals surface area contributed by atoms with Crippen LogP contribution in [0.5, 0.6) is 5.75 Å². The predicted molar refractivity (Wildman–Crippen MR) is 97.9 cm³/mol. The summed E-state index contributed by atoms with van der Waals surface area (Å²) in [4.78, 5) is 13.1. The Balaban J connectivity index is 2.37. The molecule has 0 fully saturated rings. The van der Waals surface area contributed by atoms with Gasteiger partial charge in [0.1, 0.15) is 5.75 Å². The van der Waals surface area contributed by atoms with Gasteiger partial charge in [-0.1, -0.05) is 12.1 Å². The Kier molecular flexibility index (Phi) is 6.42. The molecule has 0 heterocycles. The van der Waals surface area contributed by atoms with Crippen LogP contribution in [0.4, 0.5) is 5.69 Å². The summed E-state index contributed by atoms with van der Waals surface area (Å²) in [5.41, 5.74) is 7.25. The van der Waals surface area contributed by atoms with Crippen LogP contribution in [0.1, 0.15) is 10.8 Å². The molecule has 2 atom stereocenters. The molecule has 2 unspecified atom stereocenters. The number of carboxylic acid groups (broad SMARTS) is 1. The number of nitrogens with two attached hydrogens (primary N) is 1. The van der Waals surface area contributed by atoms with Gasteiger partial charge in [0.25, 0.3) is 0 Å². The lowest BCUT2D eigenvalue weighted by Crippen LogP contribution is -2.26. The van der Waals surface area contributed by atoms with E-state index in [4.69, 9.17) is 10.5 Å². The summed E-state index contributed by atoms with van der Waals surface area (Å²) in [5.74, 6) is -0.612. The maximum Gasteiger partial charge on any atom is 0.334 e. The molecule has 128 valence electrons. The molecule has 0 amide bonds. The number of aliphatic carboxylic acids is 1. The first-order valence-electron chi connectivity index (χ1n) is 7.11. The molecule has 2 aromatic rings. The lowest BCUT2D eigenvalue weighted by Gasteiger charge is -2.21. The van der Waals surface area contributed by atoms with Crippen molar-refractivity contribution in [1.29, 1.82) is 0 Å². The number of methoxy groups -OCH3 is 1. The Hall–Kier alpha value is -1.83. The van der Waals surface area contributed by atoms with Gasteiger partial charge >= 0.3 is 5.97 Å². The van der Waals surface area contributed by atoms with E-state index in [1.54, 1.807) is 49.2 Å². The van der Waals surface area contributed by atoms with E-state index in [1.807, 2.05) is 18.4 Å². The zero-order chi connectivity index (χ0) is 17.7. The molecule has 0 bridgehead atoms. The topological polar surface area (TPSA) is 92.8 Å². The molecule has 2 rings (SSSR count). The number of thioether (sulfide) groups is 2. The van der Waals surface area contributed by atoms with Gasteiger partial charge < -0.3 is 20.7 Å². The van der Waals surface area contributed by atoms with Crippen LogP contribution in [-0.2, 0) is 4.79 Å². The van der Waals surface area contributed by atoms with Crippen molar-refractivity contribution in [2.45, 2.75) is 21.1 Å². The van der Waals surface area contributed by atoms with Gasteiger partial charge in [-0.05, 0) is 42.2 Å². The van der Waals surface area contributed by atoms with Gasteiger partial charge in [-0.2, -0.15) is 0 Å². The van der Waals surface area contributed by atoms with Crippen LogP contribution in [0.3, 0.4) is 0 Å². The minimum absolute atomic E-state index is 0.550. The summed E-state index contributed by atoms with van der Waals surface area (Å²) in [6.07, 6.45) is 0.397. The molecule has 0 aliphatic carbocycles. The molecule has 0 saturated heterocycles. The fraction of sp³-hybridized carbons (Fsp3) is 0.235. The van der Waals surface area contributed by atoms with Crippen molar-refractivity contribution >= 4 is 35.2 Å². The molecule has 0 spiro atoms. The number of nitrogen functional groups attached to an aromatic ring is 1. The summed E-state index contributed by atoms with van der Waals surface area (Å²) in [6, 6.07) is 12.6. The molecule has 7 heteroatoms. The van der Waals surface area contributed by atoms with Gasteiger partial charge in [-0.15, -0.1) is 23.5 Å². The van der Waals surface area contributed by atoms with E-state index < -0.39 is 17.3 Å². The lowest BCUT2D eigenvalue weighted by atomic mass is 10.1. The predicted octanol–water partition coefficient (Wildman–Crippen LogP) is 3.28. The van der Waals surface area contributed by atoms with Crippen molar-refractivity contribution in [1.82, 2.24) is 0 Å². The fourth-order valence-electron chi connectivity index (χ4n) is 2.12. The summed E-state index contributed by atoms with van der Waals surface area (Å²) in [5, 5.41) is 18.7. The molecule has 24 heavy (non-hydrogen) atoms. The molecular formula is C17H19NO4S2. The average molecular weight is 365 g/mol. The van der Waals surface area contributed by atoms with Gasteiger partial charge in [0, 0.05) is 15.5 Å². The first-order chi connectivity index (χ1) is 11.5. The van der Waals surface area contributed by atoms with Gasteiger partial charge in [0.2, 0.25) is 0 Å². The van der Waals surface area contributed by atoms with Crippen LogP contribution in [-0.4, -0.2) is 35.7 Å². The largest absolute Gasteiger partial charge is 0.497 e. The highest BCUT2D eigenvalue weighted by atomic mass is 32.2. The Morgan fingerprint density at radius 2 is 1.88 bits per heavy atom. The first kappa shape index (κ1) is 18.5. The molecular weight excluding hydrogens is 346 g/mol. The third-order valence-electron chi connectivity index (χ3n) is 3.46. The van der Waals surface area contributed by atoms with E-state index >= 15 is 0 Å². The smallest absolute Gasteiger partial charge is 0.334 e. The van der Waals surface area contributed by atoms with Crippen molar-refractivity contribution in [3.8, 4) is 5.75 Å². The van der Waals surface area contributed by atoms with E-state index in [2.05, 4.69) is 0 Å². The molecule has 0 aliphatic rings. The number of rotatable bonds is 7. The zero-order valence-corrected chi connectivity index (χ0v) is 14.9. The Bertz CT molecular complexity index is 706. The van der Waals surface area contributed by atoms with Crippen molar-refractivity contribution in [2.24, 2.45) is 0 Å². The fourth-order valence-corrected chi connectivity index (χ4v) is 3.84. The molecule has 0 aliphatic heterocycles. The number of ether oxygens (including phenoxy) is 1. The maximum atomic E-state index is 11.3. The molecule has 5 nitrogen and oxygen atoms in total. The number of hydrogen-bond acceptors (Lipinski definition) is 6. The molecule has 0 aromatic heterocycles. The number of aliphatic hydroxyl groups excluding tert-OH is 1. The van der Waals surface area contributed by atoms with E-state index in [0.29, 0.717) is 17.0 Å². The zero-order valence-electron chi connectivity index (χ0n) is 13.3. The maximum absolute atomic E-state index is 11.3. The number of aliphatic hydroxyl groups is 1. The highest BCUT2D eigenvalue weighted by Crippen LogP contribution is 2.42. The van der Waals surface area contributed by atoms with E-state index in [9.17, 15) is 15.0 Å². The third kappa shape index (κ3) is 4.37. The summed E-state index contributed by atoms with van der Waals surface area (Å²) in [7, 11) is 1.56. The van der Waals surface area contributed by atoms with E-state index in [1.165, 1.54) is 11.8 Å². The number of carboxylic acids is 1. The van der Waals surface area contributed by atoms with Crippen molar-refractivity contribution < 1.29 is 19.7 Å². The Morgan fingerprint density at radius 3 is 2.42 bits per heavy atom. The van der Waals surface area contributed by atoms with Gasteiger partial charge in [-0.3, -0.25) is 0 Å². The van der Waals surface area contributed by atoms with Crippen LogP contribution in [0.25, 0.3) is 0 Å². The number of carbonyl (C=O) groups is 1. The summed E-state index contributed by atoms with van der Waals surface area (Å²) < 4.78 is 5.12. The van der Waals surface area contributed by atoms with Gasteiger partial charge in [0.15, 0.2) is 6.10 Å². The summed E-state index contributed by atoms with van der Waals surface area (Å²) >= 11 is 2.81. The average Bonchev–Trinajstić information content (AvgIpc) is 2.60. The van der Waals surface area contributed by atoms with Crippen molar-refractivity contribution in [2.75, 3.05) is 19.1 Å². The van der Waals surface area contributed by atoms with Crippen LogP contribution >= 0.6 is 23.5 Å². The monoisotopic (exact) mass is 365 g/mol.